The molecule has 0 bridgehead atoms. The van der Waals surface area contributed by atoms with Crippen LogP contribution in [0.4, 0.5) is 0 Å². The van der Waals surface area contributed by atoms with Gasteiger partial charge in [0.05, 0.1) is 0 Å². The average molecular weight is 266 g/mol. The molecule has 1 fully saturated rings. The molecule has 0 aromatic heterocycles. The fraction of sp³-hybridized carbons (Fsp3) is 0.625. The Morgan fingerprint density at radius 1 is 1.39 bits per heavy atom. The van der Waals surface area contributed by atoms with Crippen molar-refractivity contribution in [3.05, 3.63) is 34.9 Å². The van der Waals surface area contributed by atoms with E-state index in [0.29, 0.717) is 6.04 Å². The van der Waals surface area contributed by atoms with Crippen LogP contribution in [0.5, 0.6) is 0 Å². The summed E-state index contributed by atoms with van der Waals surface area (Å²) in [6.07, 6.45) is 5.59. The predicted molar refractivity (Wildman–Crippen MR) is 79.0 cm³/mol. The molecule has 18 heavy (non-hydrogen) atoms. The smallest absolute Gasteiger partial charge is 0.0409 e. The molecule has 0 amide bonds. The van der Waals surface area contributed by atoms with E-state index in [1.54, 1.807) is 0 Å². The molecule has 2 rings (SSSR count). The van der Waals surface area contributed by atoms with Gasteiger partial charge in [-0.05, 0) is 55.8 Å². The number of halogens is 1. The van der Waals surface area contributed by atoms with Gasteiger partial charge in [-0.25, -0.2) is 0 Å². The lowest BCUT2D eigenvalue weighted by molar-refractivity contribution is 0.268. The molecule has 1 N–H and O–H groups in total. The highest BCUT2D eigenvalue weighted by Crippen LogP contribution is 2.28. The molecule has 3 atom stereocenters. The van der Waals surface area contributed by atoms with Gasteiger partial charge < -0.3 is 5.32 Å². The summed E-state index contributed by atoms with van der Waals surface area (Å²) in [5.41, 5.74) is 1.28. The first-order valence-corrected chi connectivity index (χ1v) is 7.52. The molecule has 0 radical (unpaired) electrons. The lowest BCUT2D eigenvalue weighted by Crippen LogP contribution is -2.28. The highest BCUT2D eigenvalue weighted by atomic mass is 35.5. The van der Waals surface area contributed by atoms with E-state index in [4.69, 9.17) is 11.6 Å². The van der Waals surface area contributed by atoms with E-state index >= 15 is 0 Å². The van der Waals surface area contributed by atoms with Crippen molar-refractivity contribution in [1.29, 1.82) is 0 Å². The molecular weight excluding hydrogens is 242 g/mol. The second kappa shape index (κ2) is 6.58. The van der Waals surface area contributed by atoms with Gasteiger partial charge >= 0.3 is 0 Å². The van der Waals surface area contributed by atoms with Gasteiger partial charge in [-0.3, -0.25) is 0 Å². The van der Waals surface area contributed by atoms with Crippen LogP contribution in [-0.2, 0) is 0 Å². The summed E-state index contributed by atoms with van der Waals surface area (Å²) in [5, 5.41) is 4.48. The Hall–Kier alpha value is -0.530. The molecule has 0 saturated heterocycles. The minimum Gasteiger partial charge on any atom is -0.310 e. The molecule has 100 valence electrons. The molecule has 1 aliphatic rings. The van der Waals surface area contributed by atoms with Crippen LogP contribution in [0.1, 0.15) is 51.1 Å². The standard InChI is InChI=1S/C16H24ClN/c1-12-5-3-6-14(9-12)11-18-13(2)15-7-4-8-16(17)10-15/h4,7-8,10,12-14,18H,3,5-6,9,11H2,1-2H3/t12?,13-,14?/m0/s1. The Kier molecular flexibility index (Phi) is 5.08. The average Bonchev–Trinajstić information content (AvgIpc) is 2.36. The van der Waals surface area contributed by atoms with Gasteiger partial charge in [-0.1, -0.05) is 43.5 Å². The minimum absolute atomic E-state index is 0.390. The Bertz CT molecular complexity index is 377. The van der Waals surface area contributed by atoms with E-state index in [0.717, 1.165) is 23.4 Å². The number of nitrogens with one attached hydrogen (secondary N) is 1. The summed E-state index contributed by atoms with van der Waals surface area (Å²) in [6, 6.07) is 8.55. The normalized spacial score (nSPS) is 25.9. The molecule has 1 saturated carbocycles. The molecule has 1 nitrogen and oxygen atoms in total. The molecule has 0 aliphatic heterocycles. The van der Waals surface area contributed by atoms with Crippen molar-refractivity contribution in [3.63, 3.8) is 0 Å². The van der Waals surface area contributed by atoms with Gasteiger partial charge in [-0.15, -0.1) is 0 Å². The van der Waals surface area contributed by atoms with Crippen LogP contribution in [0.3, 0.4) is 0 Å². The van der Waals surface area contributed by atoms with E-state index in [1.807, 2.05) is 12.1 Å². The first kappa shape index (κ1) is 13.9. The summed E-state index contributed by atoms with van der Waals surface area (Å²) < 4.78 is 0. The first-order chi connectivity index (χ1) is 8.65. The van der Waals surface area contributed by atoms with Crippen molar-refractivity contribution in [2.45, 2.75) is 45.6 Å². The quantitative estimate of drug-likeness (QED) is 0.823. The summed E-state index contributed by atoms with van der Waals surface area (Å²) >= 11 is 6.03. The zero-order valence-electron chi connectivity index (χ0n) is 11.5. The van der Waals surface area contributed by atoms with Crippen LogP contribution in [0.15, 0.2) is 24.3 Å². The lowest BCUT2D eigenvalue weighted by Gasteiger charge is -2.28. The van der Waals surface area contributed by atoms with Crippen molar-refractivity contribution in [1.82, 2.24) is 5.32 Å². The third-order valence-electron chi connectivity index (χ3n) is 4.11. The number of hydrogen-bond donors (Lipinski definition) is 1. The number of rotatable bonds is 4. The van der Waals surface area contributed by atoms with E-state index in [9.17, 15) is 0 Å². The van der Waals surface area contributed by atoms with E-state index < -0.39 is 0 Å². The highest BCUT2D eigenvalue weighted by molar-refractivity contribution is 6.30. The molecule has 0 spiro atoms. The third kappa shape index (κ3) is 4.00. The third-order valence-corrected chi connectivity index (χ3v) is 4.34. The van der Waals surface area contributed by atoms with Crippen LogP contribution < -0.4 is 5.32 Å². The van der Waals surface area contributed by atoms with Gasteiger partial charge in [-0.2, -0.15) is 0 Å². The summed E-state index contributed by atoms with van der Waals surface area (Å²) in [5.74, 6) is 1.77. The molecule has 1 aromatic rings. The second-order valence-electron chi connectivity index (χ2n) is 5.82. The monoisotopic (exact) mass is 265 g/mol. The summed E-state index contributed by atoms with van der Waals surface area (Å²) in [6.45, 7) is 5.74. The fourth-order valence-corrected chi connectivity index (χ4v) is 3.18. The van der Waals surface area contributed by atoms with Crippen LogP contribution in [0.25, 0.3) is 0 Å². The van der Waals surface area contributed by atoms with Crippen molar-refractivity contribution in [3.8, 4) is 0 Å². The van der Waals surface area contributed by atoms with Crippen molar-refractivity contribution in [2.75, 3.05) is 6.54 Å². The number of hydrogen-bond acceptors (Lipinski definition) is 1. The van der Waals surface area contributed by atoms with Crippen molar-refractivity contribution in [2.24, 2.45) is 11.8 Å². The molecular formula is C16H24ClN. The van der Waals surface area contributed by atoms with E-state index in [1.165, 1.54) is 31.2 Å². The minimum atomic E-state index is 0.390. The maximum absolute atomic E-state index is 6.03. The zero-order valence-corrected chi connectivity index (χ0v) is 12.2. The summed E-state index contributed by atoms with van der Waals surface area (Å²) in [4.78, 5) is 0. The van der Waals surface area contributed by atoms with Crippen LogP contribution in [0, 0.1) is 11.8 Å². The molecule has 1 aromatic carbocycles. The largest absolute Gasteiger partial charge is 0.310 e. The van der Waals surface area contributed by atoms with E-state index in [2.05, 4.69) is 31.3 Å². The predicted octanol–water partition coefficient (Wildman–Crippen LogP) is 4.82. The Balaban J connectivity index is 1.82. The topological polar surface area (TPSA) is 12.0 Å². The first-order valence-electron chi connectivity index (χ1n) is 7.14. The van der Waals surface area contributed by atoms with Gasteiger partial charge in [0.15, 0.2) is 0 Å². The van der Waals surface area contributed by atoms with Gasteiger partial charge in [0, 0.05) is 11.1 Å². The van der Waals surface area contributed by atoms with Gasteiger partial charge in [0.1, 0.15) is 0 Å². The van der Waals surface area contributed by atoms with Crippen molar-refractivity contribution >= 4 is 11.6 Å². The van der Waals surface area contributed by atoms with Gasteiger partial charge in [0.25, 0.3) is 0 Å². The van der Waals surface area contributed by atoms with Crippen molar-refractivity contribution < 1.29 is 0 Å². The Morgan fingerprint density at radius 2 is 2.22 bits per heavy atom. The number of benzene rings is 1. The Morgan fingerprint density at radius 3 is 2.94 bits per heavy atom. The second-order valence-corrected chi connectivity index (χ2v) is 6.26. The SMILES string of the molecule is CC1CCCC(CN[C@@H](C)c2cccc(Cl)c2)C1. The van der Waals surface area contributed by atoms with Crippen LogP contribution >= 0.6 is 11.6 Å². The zero-order chi connectivity index (χ0) is 13.0. The maximum atomic E-state index is 6.03. The molecule has 1 aliphatic carbocycles. The van der Waals surface area contributed by atoms with Gasteiger partial charge in [0.2, 0.25) is 0 Å². The van der Waals surface area contributed by atoms with E-state index in [-0.39, 0.29) is 0 Å². The Labute approximate surface area is 116 Å². The molecule has 0 heterocycles. The fourth-order valence-electron chi connectivity index (χ4n) is 2.98. The molecule has 2 unspecified atom stereocenters. The van der Waals surface area contributed by atoms with Crippen LogP contribution in [0.2, 0.25) is 5.02 Å². The maximum Gasteiger partial charge on any atom is 0.0409 e. The highest BCUT2D eigenvalue weighted by Gasteiger charge is 2.19. The summed E-state index contributed by atoms with van der Waals surface area (Å²) in [7, 11) is 0. The van der Waals surface area contributed by atoms with Crippen LogP contribution in [-0.4, -0.2) is 6.54 Å². The molecule has 2 heteroatoms. The lowest BCUT2D eigenvalue weighted by atomic mass is 9.82.